The summed E-state index contributed by atoms with van der Waals surface area (Å²) < 4.78 is 10.4. The maximum Gasteiger partial charge on any atom is 0.310 e. The van der Waals surface area contributed by atoms with Crippen molar-refractivity contribution in [2.45, 2.75) is 39.7 Å². The summed E-state index contributed by atoms with van der Waals surface area (Å²) in [5, 5.41) is 0. The van der Waals surface area contributed by atoms with Gasteiger partial charge in [-0.15, -0.1) is 0 Å². The summed E-state index contributed by atoms with van der Waals surface area (Å²) in [5.74, 6) is -0.644. The van der Waals surface area contributed by atoms with Crippen molar-refractivity contribution in [2.24, 2.45) is 11.7 Å². The molecule has 1 aliphatic carbocycles. The number of carbonyl (C=O) groups excluding carboxylic acids is 2. The molecular weight excluding hydrogens is 246 g/mol. The summed E-state index contributed by atoms with van der Waals surface area (Å²) in [5.41, 5.74) is 5.01. The van der Waals surface area contributed by atoms with E-state index in [9.17, 15) is 9.59 Å². The van der Waals surface area contributed by atoms with Crippen LogP contribution < -0.4 is 5.73 Å². The lowest BCUT2D eigenvalue weighted by Gasteiger charge is -2.33. The smallest absolute Gasteiger partial charge is 0.310 e. The van der Waals surface area contributed by atoms with Crippen molar-refractivity contribution in [3.8, 4) is 0 Å². The fourth-order valence-corrected chi connectivity index (χ4v) is 1.77. The quantitative estimate of drug-likeness (QED) is 0.784. The Bertz CT molecular complexity index is 460. The molecule has 0 aromatic rings. The molecule has 2 atom stereocenters. The van der Waals surface area contributed by atoms with Crippen LogP contribution in [0.4, 0.5) is 0 Å². The van der Waals surface area contributed by atoms with Gasteiger partial charge >= 0.3 is 5.97 Å². The highest BCUT2D eigenvalue weighted by molar-refractivity contribution is 6.06. The molecule has 0 spiro atoms. The first-order chi connectivity index (χ1) is 8.77. The number of esters is 1. The zero-order valence-electron chi connectivity index (χ0n) is 12.1. The monoisotopic (exact) mass is 267 g/mol. The third-order valence-electron chi connectivity index (χ3n) is 3.52. The second-order valence-electron chi connectivity index (χ2n) is 4.89. The predicted molar refractivity (Wildman–Crippen MR) is 70.9 cm³/mol. The van der Waals surface area contributed by atoms with E-state index in [0.717, 1.165) is 0 Å². The van der Waals surface area contributed by atoms with Crippen LogP contribution in [-0.2, 0) is 19.1 Å². The number of Topliss-reactive ketones (excluding diaryl/α,β-unsaturated/α-hetero) is 1. The van der Waals surface area contributed by atoms with E-state index in [1.165, 1.54) is 20.1 Å². The van der Waals surface area contributed by atoms with Crippen molar-refractivity contribution in [3.63, 3.8) is 0 Å². The second kappa shape index (κ2) is 5.47. The number of ether oxygens (including phenoxy) is 2. The third-order valence-corrected chi connectivity index (χ3v) is 3.52. The molecule has 1 aliphatic rings. The first-order valence-corrected chi connectivity index (χ1v) is 6.28. The molecule has 0 aromatic heterocycles. The molecule has 0 heterocycles. The minimum Gasteiger partial charge on any atom is -0.496 e. The summed E-state index contributed by atoms with van der Waals surface area (Å²) in [6.07, 6.45) is 2.17. The minimum atomic E-state index is -1.44. The largest absolute Gasteiger partial charge is 0.496 e. The summed E-state index contributed by atoms with van der Waals surface area (Å²) >= 11 is 0. The number of ketones is 1. The van der Waals surface area contributed by atoms with Crippen LogP contribution in [0, 0.1) is 5.92 Å². The van der Waals surface area contributed by atoms with Crippen LogP contribution in [0.1, 0.15) is 34.1 Å². The molecule has 0 saturated carbocycles. The van der Waals surface area contributed by atoms with Gasteiger partial charge in [0.25, 0.3) is 0 Å². The number of hydrogen-bond acceptors (Lipinski definition) is 5. The lowest BCUT2D eigenvalue weighted by atomic mass is 9.86. The van der Waals surface area contributed by atoms with E-state index in [0.29, 0.717) is 17.8 Å². The molecule has 0 fully saturated rings. The summed E-state index contributed by atoms with van der Waals surface area (Å²) in [4.78, 5) is 24.2. The Morgan fingerprint density at radius 2 is 2.11 bits per heavy atom. The maximum atomic E-state index is 12.3. The van der Waals surface area contributed by atoms with Crippen molar-refractivity contribution in [1.82, 2.24) is 0 Å². The van der Waals surface area contributed by atoms with Crippen molar-refractivity contribution in [1.29, 1.82) is 0 Å². The third kappa shape index (κ3) is 2.64. The van der Waals surface area contributed by atoms with Gasteiger partial charge in [-0.3, -0.25) is 9.59 Å². The molecule has 0 aliphatic heterocycles. The Morgan fingerprint density at radius 1 is 1.53 bits per heavy atom. The number of rotatable bonds is 4. The lowest BCUT2D eigenvalue weighted by Crippen LogP contribution is -2.48. The van der Waals surface area contributed by atoms with Crippen LogP contribution >= 0.6 is 0 Å². The van der Waals surface area contributed by atoms with E-state index in [1.54, 1.807) is 13.8 Å². The normalized spacial score (nSPS) is 24.9. The van der Waals surface area contributed by atoms with Gasteiger partial charge in [0.15, 0.2) is 0 Å². The van der Waals surface area contributed by atoms with Crippen LogP contribution in [0.2, 0.25) is 0 Å². The topological polar surface area (TPSA) is 78.6 Å². The number of methoxy groups -OCH3 is 1. The molecule has 1 rings (SSSR count). The first kappa shape index (κ1) is 15.3. The van der Waals surface area contributed by atoms with Gasteiger partial charge in [-0.25, -0.2) is 0 Å². The number of allylic oxidation sites excluding steroid dienone is 1. The van der Waals surface area contributed by atoms with Gasteiger partial charge in [0.05, 0.1) is 18.7 Å². The highest BCUT2D eigenvalue weighted by Crippen LogP contribution is 2.31. The van der Waals surface area contributed by atoms with Crippen molar-refractivity contribution in [3.05, 3.63) is 23.1 Å². The highest BCUT2D eigenvalue weighted by Gasteiger charge is 2.44. The lowest BCUT2D eigenvalue weighted by molar-refractivity contribution is -0.164. The minimum absolute atomic E-state index is 0.177. The molecule has 106 valence electrons. The zero-order valence-corrected chi connectivity index (χ0v) is 12.1. The molecule has 5 nitrogen and oxygen atoms in total. The number of nitrogens with two attached hydrogens (primary N) is 1. The zero-order chi connectivity index (χ0) is 14.8. The molecular formula is C14H21NO4. The fourth-order valence-electron chi connectivity index (χ4n) is 1.77. The van der Waals surface area contributed by atoms with Crippen LogP contribution in [-0.4, -0.2) is 24.5 Å². The molecule has 5 heteroatoms. The Labute approximate surface area is 113 Å². The molecule has 0 amide bonds. The van der Waals surface area contributed by atoms with E-state index in [1.807, 2.05) is 6.92 Å². The van der Waals surface area contributed by atoms with Crippen molar-refractivity contribution < 1.29 is 19.1 Å². The van der Waals surface area contributed by atoms with Crippen LogP contribution in [0.5, 0.6) is 0 Å². The van der Waals surface area contributed by atoms with E-state index in [-0.39, 0.29) is 17.4 Å². The van der Waals surface area contributed by atoms with Gasteiger partial charge in [-0.05, 0) is 20.3 Å². The maximum absolute atomic E-state index is 12.3. The van der Waals surface area contributed by atoms with Crippen LogP contribution in [0.3, 0.4) is 0 Å². The summed E-state index contributed by atoms with van der Waals surface area (Å²) in [6.45, 7) is 6.77. The van der Waals surface area contributed by atoms with Crippen molar-refractivity contribution in [2.75, 3.05) is 7.11 Å². The van der Waals surface area contributed by atoms with Gasteiger partial charge in [-0.1, -0.05) is 13.8 Å². The summed E-state index contributed by atoms with van der Waals surface area (Å²) in [7, 11) is 1.46. The molecule has 0 saturated heterocycles. The van der Waals surface area contributed by atoms with E-state index in [2.05, 4.69) is 0 Å². The predicted octanol–water partition coefficient (Wildman–Crippen LogP) is 1.68. The van der Waals surface area contributed by atoms with E-state index >= 15 is 0 Å². The Kier molecular flexibility index (Phi) is 4.39. The molecule has 19 heavy (non-hydrogen) atoms. The molecule has 0 unspecified atom stereocenters. The second-order valence-corrected chi connectivity index (χ2v) is 4.89. The van der Waals surface area contributed by atoms with Crippen LogP contribution in [0.25, 0.3) is 0 Å². The van der Waals surface area contributed by atoms with E-state index < -0.39 is 11.6 Å². The summed E-state index contributed by atoms with van der Waals surface area (Å²) in [6, 6.07) is 0. The Balaban J connectivity index is 3.08. The SMILES string of the molecule is CC[C@H](C)C(=O)O[C@@]1(C)C(=O)C(C)=C(OC)C=C1N. The average molecular weight is 267 g/mol. The van der Waals surface area contributed by atoms with Gasteiger partial charge in [-0.2, -0.15) is 0 Å². The van der Waals surface area contributed by atoms with Gasteiger partial charge in [0, 0.05) is 11.6 Å². The fraction of sp³-hybridized carbons (Fsp3) is 0.571. The van der Waals surface area contributed by atoms with Gasteiger partial charge in [0.2, 0.25) is 11.4 Å². The molecule has 0 radical (unpaired) electrons. The van der Waals surface area contributed by atoms with E-state index in [4.69, 9.17) is 15.2 Å². The number of carbonyl (C=O) groups is 2. The average Bonchev–Trinajstić information content (AvgIpc) is 2.39. The number of hydrogen-bond donors (Lipinski definition) is 1. The highest BCUT2D eigenvalue weighted by atomic mass is 16.6. The van der Waals surface area contributed by atoms with Crippen LogP contribution in [0.15, 0.2) is 23.1 Å². The Morgan fingerprint density at radius 3 is 2.58 bits per heavy atom. The first-order valence-electron chi connectivity index (χ1n) is 6.28. The molecule has 0 bridgehead atoms. The molecule has 0 aromatic carbocycles. The van der Waals surface area contributed by atoms with Crippen molar-refractivity contribution >= 4 is 11.8 Å². The molecule has 2 N–H and O–H groups in total. The Hall–Kier alpha value is -1.78. The van der Waals surface area contributed by atoms with Gasteiger partial charge in [0.1, 0.15) is 5.76 Å². The van der Waals surface area contributed by atoms with Gasteiger partial charge < -0.3 is 15.2 Å². The standard InChI is InChI=1S/C14H21NO4/c1-6-8(2)13(17)19-14(4)11(15)7-10(18-5)9(3)12(14)16/h7-8H,6,15H2,1-5H3/t8-,14+/m0/s1.